The van der Waals surface area contributed by atoms with Gasteiger partial charge < -0.3 is 10.3 Å². The van der Waals surface area contributed by atoms with Crippen molar-refractivity contribution < 1.29 is 4.52 Å². The molecule has 0 bridgehead atoms. The lowest BCUT2D eigenvalue weighted by molar-refractivity contribution is 0.437. The van der Waals surface area contributed by atoms with Gasteiger partial charge in [-0.05, 0) is 36.1 Å². The summed E-state index contributed by atoms with van der Waals surface area (Å²) in [5.74, 6) is 0.955. The molecule has 0 saturated carbocycles. The maximum Gasteiger partial charge on any atom is 0.187 e. The maximum atomic E-state index is 6.26. The molecular weight excluding hydrogens is 315 g/mol. The Bertz CT molecular complexity index is 779. The van der Waals surface area contributed by atoms with Crippen LogP contribution in [0.5, 0.6) is 0 Å². The van der Waals surface area contributed by atoms with Crippen molar-refractivity contribution >= 4 is 40.4 Å². The van der Waals surface area contributed by atoms with Gasteiger partial charge in [0, 0.05) is 10.6 Å². The van der Waals surface area contributed by atoms with E-state index in [1.807, 2.05) is 24.4 Å². The van der Waals surface area contributed by atoms with Crippen molar-refractivity contribution in [2.45, 2.75) is 6.92 Å². The monoisotopic (exact) mass is 324 g/mol. The van der Waals surface area contributed by atoms with E-state index in [0.29, 0.717) is 27.2 Å². The molecule has 0 spiro atoms. The number of aryl methyl sites for hydroxylation is 1. The Morgan fingerprint density at radius 2 is 2.05 bits per heavy atom. The fraction of sp³-hybridized carbons (Fsp3) is 0.0714. The van der Waals surface area contributed by atoms with Gasteiger partial charge in [0.05, 0.1) is 15.5 Å². The van der Waals surface area contributed by atoms with Crippen LogP contribution in [0.25, 0.3) is 21.8 Å². The summed E-state index contributed by atoms with van der Waals surface area (Å²) in [5, 5.41) is 6.96. The molecule has 3 nitrogen and oxygen atoms in total. The number of thiophene rings is 1. The highest BCUT2D eigenvalue weighted by Gasteiger charge is 2.21. The van der Waals surface area contributed by atoms with Crippen molar-refractivity contribution in [3.05, 3.63) is 45.3 Å². The van der Waals surface area contributed by atoms with Crippen molar-refractivity contribution in [2.24, 2.45) is 0 Å². The van der Waals surface area contributed by atoms with Gasteiger partial charge in [-0.1, -0.05) is 34.4 Å². The second-order valence-electron chi connectivity index (χ2n) is 4.33. The Hall–Kier alpha value is -1.49. The van der Waals surface area contributed by atoms with E-state index in [9.17, 15) is 0 Å². The molecule has 0 amide bonds. The number of rotatable bonds is 2. The fourth-order valence-electron chi connectivity index (χ4n) is 2.02. The molecule has 0 saturated heterocycles. The van der Waals surface area contributed by atoms with Crippen molar-refractivity contribution in [1.82, 2.24) is 5.16 Å². The van der Waals surface area contributed by atoms with Crippen molar-refractivity contribution in [2.75, 3.05) is 5.73 Å². The lowest BCUT2D eigenvalue weighted by atomic mass is 10.0. The van der Waals surface area contributed by atoms with Crippen LogP contribution in [0.2, 0.25) is 10.0 Å². The van der Waals surface area contributed by atoms with E-state index in [1.165, 1.54) is 0 Å². The van der Waals surface area contributed by atoms with E-state index in [-0.39, 0.29) is 0 Å². The first-order valence-corrected chi connectivity index (χ1v) is 7.46. The van der Waals surface area contributed by atoms with Gasteiger partial charge in [-0.3, -0.25) is 0 Å². The summed E-state index contributed by atoms with van der Waals surface area (Å²) in [6.45, 7) is 2.01. The normalized spacial score (nSPS) is 10.9. The predicted octanol–water partition coefficient (Wildman–Crippen LogP) is 5.27. The van der Waals surface area contributed by atoms with Crippen LogP contribution in [0.1, 0.15) is 5.56 Å². The van der Waals surface area contributed by atoms with E-state index in [1.54, 1.807) is 23.5 Å². The molecule has 0 unspecified atom stereocenters. The van der Waals surface area contributed by atoms with Crippen LogP contribution in [0.3, 0.4) is 0 Å². The van der Waals surface area contributed by atoms with Gasteiger partial charge in [-0.25, -0.2) is 0 Å². The van der Waals surface area contributed by atoms with Crippen LogP contribution in [-0.4, -0.2) is 5.16 Å². The largest absolute Gasteiger partial charge is 0.380 e. The smallest absolute Gasteiger partial charge is 0.187 e. The second kappa shape index (κ2) is 5.13. The summed E-state index contributed by atoms with van der Waals surface area (Å²) >= 11 is 13.8. The zero-order chi connectivity index (χ0) is 14.3. The minimum absolute atomic E-state index is 0.317. The first-order valence-electron chi connectivity index (χ1n) is 5.83. The SMILES string of the molecule is Cc1ccsc1-c1onc(N)c1-c1ccc(Cl)cc1Cl. The van der Waals surface area contributed by atoms with Gasteiger partial charge >= 0.3 is 0 Å². The molecule has 2 heterocycles. The zero-order valence-electron chi connectivity index (χ0n) is 10.5. The molecule has 102 valence electrons. The second-order valence-corrected chi connectivity index (χ2v) is 6.09. The van der Waals surface area contributed by atoms with Crippen molar-refractivity contribution in [1.29, 1.82) is 0 Å². The van der Waals surface area contributed by atoms with Crippen LogP contribution in [0, 0.1) is 6.92 Å². The highest BCUT2D eigenvalue weighted by atomic mass is 35.5. The van der Waals surface area contributed by atoms with E-state index in [2.05, 4.69) is 5.16 Å². The Labute approximate surface area is 129 Å². The molecule has 0 atom stereocenters. The van der Waals surface area contributed by atoms with Crippen LogP contribution in [-0.2, 0) is 0 Å². The molecule has 0 fully saturated rings. The molecule has 3 aromatic rings. The molecule has 0 radical (unpaired) electrons. The number of anilines is 1. The highest BCUT2D eigenvalue weighted by Crippen LogP contribution is 2.43. The molecule has 20 heavy (non-hydrogen) atoms. The third-order valence-electron chi connectivity index (χ3n) is 2.99. The summed E-state index contributed by atoms with van der Waals surface area (Å²) in [7, 11) is 0. The van der Waals surface area contributed by atoms with Crippen LogP contribution in [0.4, 0.5) is 5.82 Å². The Kier molecular flexibility index (Phi) is 3.46. The molecule has 6 heteroatoms. The van der Waals surface area contributed by atoms with E-state index in [4.69, 9.17) is 33.5 Å². The topological polar surface area (TPSA) is 52.0 Å². The van der Waals surface area contributed by atoms with Gasteiger partial charge in [-0.15, -0.1) is 11.3 Å². The summed E-state index contributed by atoms with van der Waals surface area (Å²) < 4.78 is 5.40. The van der Waals surface area contributed by atoms with E-state index < -0.39 is 0 Å². The quantitative estimate of drug-likeness (QED) is 0.698. The minimum atomic E-state index is 0.317. The third kappa shape index (κ3) is 2.20. The van der Waals surface area contributed by atoms with Gasteiger partial charge in [0.1, 0.15) is 0 Å². The molecule has 0 aliphatic carbocycles. The van der Waals surface area contributed by atoms with E-state index >= 15 is 0 Å². The number of benzene rings is 1. The first kappa shape index (κ1) is 13.5. The molecule has 1 aromatic carbocycles. The summed E-state index contributed by atoms with van der Waals surface area (Å²) in [5.41, 5.74) is 8.52. The average molecular weight is 325 g/mol. The number of nitrogen functional groups attached to an aromatic ring is 1. The number of nitrogens with zero attached hydrogens (tertiary/aromatic N) is 1. The maximum absolute atomic E-state index is 6.26. The Balaban J connectivity index is 2.24. The van der Waals surface area contributed by atoms with Gasteiger partial charge in [0.15, 0.2) is 11.6 Å². The standard InChI is InChI=1S/C14H10Cl2N2OS/c1-7-4-5-20-13(7)12-11(14(17)18-19-12)9-3-2-8(15)6-10(9)16/h2-6H,1H3,(H2,17,18). The van der Waals surface area contributed by atoms with Gasteiger partial charge in [-0.2, -0.15) is 0 Å². The Morgan fingerprint density at radius 1 is 1.25 bits per heavy atom. The highest BCUT2D eigenvalue weighted by molar-refractivity contribution is 7.13. The molecule has 2 aromatic heterocycles. The van der Waals surface area contributed by atoms with Crippen LogP contribution < -0.4 is 5.73 Å². The lowest BCUT2D eigenvalue weighted by Gasteiger charge is -2.05. The van der Waals surface area contributed by atoms with Crippen molar-refractivity contribution in [3.8, 4) is 21.8 Å². The number of halogens is 2. The number of hydrogen-bond acceptors (Lipinski definition) is 4. The van der Waals surface area contributed by atoms with Gasteiger partial charge in [0.25, 0.3) is 0 Å². The van der Waals surface area contributed by atoms with Gasteiger partial charge in [0.2, 0.25) is 0 Å². The average Bonchev–Trinajstić information content (AvgIpc) is 2.96. The molecule has 2 N–H and O–H groups in total. The van der Waals surface area contributed by atoms with E-state index in [0.717, 1.165) is 16.0 Å². The first-order chi connectivity index (χ1) is 9.58. The lowest BCUT2D eigenvalue weighted by Crippen LogP contribution is -1.89. The van der Waals surface area contributed by atoms with Crippen LogP contribution in [0.15, 0.2) is 34.2 Å². The van der Waals surface area contributed by atoms with Crippen LogP contribution >= 0.6 is 34.5 Å². The zero-order valence-corrected chi connectivity index (χ0v) is 12.8. The predicted molar refractivity (Wildman–Crippen MR) is 84.4 cm³/mol. The molecule has 0 aliphatic heterocycles. The Morgan fingerprint density at radius 3 is 2.70 bits per heavy atom. The summed E-state index contributed by atoms with van der Waals surface area (Å²) in [6, 6.07) is 7.28. The number of nitrogens with two attached hydrogens (primary N) is 1. The summed E-state index contributed by atoms with van der Waals surface area (Å²) in [4.78, 5) is 0.996. The van der Waals surface area contributed by atoms with Crippen molar-refractivity contribution in [3.63, 3.8) is 0 Å². The number of aromatic nitrogens is 1. The summed E-state index contributed by atoms with van der Waals surface area (Å²) in [6.07, 6.45) is 0. The molecule has 0 aliphatic rings. The molecule has 3 rings (SSSR count). The minimum Gasteiger partial charge on any atom is -0.380 e. The number of hydrogen-bond donors (Lipinski definition) is 1. The fourth-order valence-corrected chi connectivity index (χ4v) is 3.43. The third-order valence-corrected chi connectivity index (χ3v) is 4.55. The molecular formula is C14H10Cl2N2OS.